The molecule has 1 aliphatic heterocycles. The number of ether oxygens (including phenoxy) is 1. The molecule has 2 nitrogen and oxygen atoms in total. The van der Waals surface area contributed by atoms with Crippen LogP contribution in [0, 0.1) is 5.92 Å². The summed E-state index contributed by atoms with van der Waals surface area (Å²) in [6.07, 6.45) is -1.62. The average Bonchev–Trinajstić information content (AvgIpc) is 2.39. The summed E-state index contributed by atoms with van der Waals surface area (Å²) in [6.45, 7) is 1.90. The van der Waals surface area contributed by atoms with Crippen molar-refractivity contribution in [3.8, 4) is 5.75 Å². The van der Waals surface area contributed by atoms with E-state index >= 15 is 0 Å². The quantitative estimate of drug-likeness (QED) is 0.912. The zero-order valence-corrected chi connectivity index (χ0v) is 10.9. The van der Waals surface area contributed by atoms with Crippen LogP contribution < -0.4 is 10.1 Å². The molecule has 1 aliphatic rings. The second-order valence-electron chi connectivity index (χ2n) is 4.93. The highest BCUT2D eigenvalue weighted by atomic mass is 19.4. The molecule has 0 saturated carbocycles. The summed E-state index contributed by atoms with van der Waals surface area (Å²) in [5.41, 5.74) is 0.0569. The number of benzene rings is 1. The predicted octanol–water partition coefficient (Wildman–Crippen LogP) is 3.26. The van der Waals surface area contributed by atoms with Gasteiger partial charge in [-0.1, -0.05) is 6.07 Å². The molecule has 0 spiro atoms. The SMILES string of the molecule is COc1ccc(CC2CCNCC2)cc1C(F)(F)F. The van der Waals surface area contributed by atoms with Crippen LogP contribution >= 0.6 is 0 Å². The Morgan fingerprint density at radius 2 is 1.95 bits per heavy atom. The van der Waals surface area contributed by atoms with E-state index in [-0.39, 0.29) is 5.75 Å². The Labute approximate surface area is 111 Å². The van der Waals surface area contributed by atoms with E-state index < -0.39 is 11.7 Å². The van der Waals surface area contributed by atoms with Gasteiger partial charge in [0.15, 0.2) is 0 Å². The molecule has 1 N–H and O–H groups in total. The summed E-state index contributed by atoms with van der Waals surface area (Å²) in [7, 11) is 1.26. The molecule has 0 bridgehead atoms. The first-order chi connectivity index (χ1) is 9.00. The molecule has 1 saturated heterocycles. The third kappa shape index (κ3) is 3.62. The van der Waals surface area contributed by atoms with Gasteiger partial charge in [-0.05, 0) is 56.0 Å². The van der Waals surface area contributed by atoms with E-state index in [0.717, 1.165) is 31.5 Å². The molecule has 0 atom stereocenters. The fourth-order valence-corrected chi connectivity index (χ4v) is 2.52. The summed E-state index contributed by atoms with van der Waals surface area (Å²) in [6, 6.07) is 4.37. The van der Waals surface area contributed by atoms with Gasteiger partial charge in [0, 0.05) is 0 Å². The van der Waals surface area contributed by atoms with Gasteiger partial charge in [-0.15, -0.1) is 0 Å². The van der Waals surface area contributed by atoms with Crippen LogP contribution in [0.2, 0.25) is 0 Å². The van der Waals surface area contributed by atoms with Crippen LogP contribution in [0.25, 0.3) is 0 Å². The molecule has 106 valence electrons. The van der Waals surface area contributed by atoms with E-state index in [2.05, 4.69) is 5.32 Å². The van der Waals surface area contributed by atoms with Crippen LogP contribution in [-0.4, -0.2) is 20.2 Å². The Bertz CT molecular complexity index is 425. The van der Waals surface area contributed by atoms with Gasteiger partial charge in [0.25, 0.3) is 0 Å². The lowest BCUT2D eigenvalue weighted by Gasteiger charge is -2.23. The molecular formula is C14H18F3NO. The zero-order chi connectivity index (χ0) is 13.9. The lowest BCUT2D eigenvalue weighted by Crippen LogP contribution is -2.28. The predicted molar refractivity (Wildman–Crippen MR) is 67.3 cm³/mol. The molecule has 0 aromatic heterocycles. The van der Waals surface area contributed by atoms with Crippen LogP contribution in [0.3, 0.4) is 0 Å². The minimum atomic E-state index is -4.37. The molecule has 0 amide bonds. The van der Waals surface area contributed by atoms with Crippen molar-refractivity contribution >= 4 is 0 Å². The van der Waals surface area contributed by atoms with Gasteiger partial charge in [-0.2, -0.15) is 13.2 Å². The second kappa shape index (κ2) is 5.82. The van der Waals surface area contributed by atoms with E-state index in [0.29, 0.717) is 12.3 Å². The van der Waals surface area contributed by atoms with Crippen molar-refractivity contribution in [2.24, 2.45) is 5.92 Å². The molecule has 0 radical (unpaired) electrons. The molecule has 1 fully saturated rings. The first kappa shape index (κ1) is 14.2. The average molecular weight is 273 g/mol. The zero-order valence-electron chi connectivity index (χ0n) is 10.9. The minimum absolute atomic E-state index is 0.110. The third-order valence-electron chi connectivity index (χ3n) is 3.55. The van der Waals surface area contributed by atoms with Crippen molar-refractivity contribution in [1.29, 1.82) is 0 Å². The number of methoxy groups -OCH3 is 1. The van der Waals surface area contributed by atoms with E-state index in [1.165, 1.54) is 19.2 Å². The largest absolute Gasteiger partial charge is 0.496 e. The fraction of sp³-hybridized carbons (Fsp3) is 0.571. The van der Waals surface area contributed by atoms with Crippen molar-refractivity contribution < 1.29 is 17.9 Å². The molecule has 1 heterocycles. The molecule has 0 aliphatic carbocycles. The van der Waals surface area contributed by atoms with Gasteiger partial charge >= 0.3 is 6.18 Å². The first-order valence-corrected chi connectivity index (χ1v) is 6.45. The van der Waals surface area contributed by atoms with Crippen LogP contribution in [0.1, 0.15) is 24.0 Å². The van der Waals surface area contributed by atoms with E-state index in [1.54, 1.807) is 6.07 Å². The number of hydrogen-bond donors (Lipinski definition) is 1. The fourth-order valence-electron chi connectivity index (χ4n) is 2.52. The summed E-state index contributed by atoms with van der Waals surface area (Å²) >= 11 is 0. The lowest BCUT2D eigenvalue weighted by molar-refractivity contribution is -0.138. The highest BCUT2D eigenvalue weighted by Crippen LogP contribution is 2.37. The number of nitrogens with one attached hydrogen (secondary N) is 1. The van der Waals surface area contributed by atoms with Gasteiger partial charge in [-0.3, -0.25) is 0 Å². The number of hydrogen-bond acceptors (Lipinski definition) is 2. The topological polar surface area (TPSA) is 21.3 Å². The van der Waals surface area contributed by atoms with Gasteiger partial charge < -0.3 is 10.1 Å². The van der Waals surface area contributed by atoms with Crippen molar-refractivity contribution in [1.82, 2.24) is 5.32 Å². The van der Waals surface area contributed by atoms with Crippen molar-refractivity contribution in [2.45, 2.75) is 25.4 Å². The standard InChI is InChI=1S/C14H18F3NO/c1-19-13-3-2-11(9-12(13)14(15,16)17)8-10-4-6-18-7-5-10/h2-3,9-10,18H,4-8H2,1H3. The third-order valence-corrected chi connectivity index (χ3v) is 3.55. The normalized spacial score (nSPS) is 17.5. The summed E-state index contributed by atoms with van der Waals surface area (Å²) in [5.74, 6) is 0.359. The summed E-state index contributed by atoms with van der Waals surface area (Å²) in [5, 5.41) is 3.25. The Morgan fingerprint density at radius 1 is 1.26 bits per heavy atom. The number of alkyl halides is 3. The Morgan fingerprint density at radius 3 is 2.53 bits per heavy atom. The number of piperidine rings is 1. The van der Waals surface area contributed by atoms with E-state index in [4.69, 9.17) is 4.74 Å². The Hall–Kier alpha value is -1.23. The number of rotatable bonds is 3. The summed E-state index contributed by atoms with van der Waals surface area (Å²) < 4.78 is 43.5. The maximum absolute atomic E-state index is 12.9. The first-order valence-electron chi connectivity index (χ1n) is 6.45. The van der Waals surface area contributed by atoms with Crippen molar-refractivity contribution in [3.05, 3.63) is 29.3 Å². The lowest BCUT2D eigenvalue weighted by atomic mass is 9.90. The Balaban J connectivity index is 2.17. The maximum Gasteiger partial charge on any atom is 0.419 e. The highest BCUT2D eigenvalue weighted by molar-refractivity contribution is 5.39. The number of halogens is 3. The molecule has 5 heteroatoms. The van der Waals surface area contributed by atoms with Gasteiger partial charge in [0.1, 0.15) is 5.75 Å². The van der Waals surface area contributed by atoms with Crippen LogP contribution in [0.15, 0.2) is 18.2 Å². The van der Waals surface area contributed by atoms with Gasteiger partial charge in [0.05, 0.1) is 12.7 Å². The van der Waals surface area contributed by atoms with Crippen LogP contribution in [-0.2, 0) is 12.6 Å². The van der Waals surface area contributed by atoms with E-state index in [1.807, 2.05) is 0 Å². The monoisotopic (exact) mass is 273 g/mol. The molecular weight excluding hydrogens is 255 g/mol. The van der Waals surface area contributed by atoms with Crippen LogP contribution in [0.5, 0.6) is 5.75 Å². The molecule has 1 aromatic rings. The van der Waals surface area contributed by atoms with Crippen LogP contribution in [0.4, 0.5) is 13.2 Å². The Kier molecular flexibility index (Phi) is 4.34. The van der Waals surface area contributed by atoms with Crippen molar-refractivity contribution in [2.75, 3.05) is 20.2 Å². The highest BCUT2D eigenvalue weighted by Gasteiger charge is 2.34. The summed E-state index contributed by atoms with van der Waals surface area (Å²) in [4.78, 5) is 0. The van der Waals surface area contributed by atoms with Gasteiger partial charge in [0.2, 0.25) is 0 Å². The molecule has 19 heavy (non-hydrogen) atoms. The maximum atomic E-state index is 12.9. The second-order valence-corrected chi connectivity index (χ2v) is 4.93. The minimum Gasteiger partial charge on any atom is -0.496 e. The van der Waals surface area contributed by atoms with E-state index in [9.17, 15) is 13.2 Å². The van der Waals surface area contributed by atoms with Gasteiger partial charge in [-0.25, -0.2) is 0 Å². The molecule has 0 unspecified atom stereocenters. The van der Waals surface area contributed by atoms with Crippen molar-refractivity contribution in [3.63, 3.8) is 0 Å². The molecule has 1 aromatic carbocycles. The smallest absolute Gasteiger partial charge is 0.419 e. The molecule has 2 rings (SSSR count).